The molecule has 2 amide bonds. The second-order valence-corrected chi connectivity index (χ2v) is 6.57. The van der Waals surface area contributed by atoms with Gasteiger partial charge in [-0.1, -0.05) is 24.1 Å². The van der Waals surface area contributed by atoms with Crippen molar-refractivity contribution in [3.63, 3.8) is 0 Å². The van der Waals surface area contributed by atoms with Crippen LogP contribution >= 0.6 is 0 Å². The molecule has 1 saturated carbocycles. The number of hydrogen-bond donors (Lipinski definition) is 2. The number of hydrogen-bond acceptors (Lipinski definition) is 6. The fourth-order valence-electron chi connectivity index (χ4n) is 3.29. The first-order valence-electron chi connectivity index (χ1n) is 8.96. The van der Waals surface area contributed by atoms with Crippen molar-refractivity contribution in [2.24, 2.45) is 0 Å². The molecule has 2 aromatic heterocycles. The molecule has 1 aliphatic carbocycles. The van der Waals surface area contributed by atoms with Crippen molar-refractivity contribution in [1.29, 1.82) is 0 Å². The third-order valence-electron chi connectivity index (χ3n) is 4.59. The van der Waals surface area contributed by atoms with Gasteiger partial charge < -0.3 is 15.2 Å². The van der Waals surface area contributed by atoms with Gasteiger partial charge >= 0.3 is 11.8 Å². The minimum absolute atomic E-state index is 0.0865. The summed E-state index contributed by atoms with van der Waals surface area (Å²) in [6, 6.07) is 9.36. The van der Waals surface area contributed by atoms with Crippen LogP contribution in [-0.4, -0.2) is 33.0 Å². The Balaban J connectivity index is 1.39. The highest BCUT2D eigenvalue weighted by atomic mass is 16.5. The molecule has 0 unspecified atom stereocenters. The number of fused-ring (bicyclic) bond motifs is 1. The number of nitrogens with zero attached hydrogens (tertiary/aromatic N) is 3. The SMILES string of the molecule is O=C(Cc1noc(C(=O)NC2CCCC2)n1)Nc1cccc2ncccc12. The van der Waals surface area contributed by atoms with Crippen molar-refractivity contribution < 1.29 is 14.1 Å². The van der Waals surface area contributed by atoms with E-state index in [-0.39, 0.29) is 36.0 Å². The van der Waals surface area contributed by atoms with E-state index in [9.17, 15) is 9.59 Å². The van der Waals surface area contributed by atoms with Gasteiger partial charge in [0, 0.05) is 17.6 Å². The molecule has 2 heterocycles. The first kappa shape index (κ1) is 17.1. The average Bonchev–Trinajstić information content (AvgIpc) is 3.34. The van der Waals surface area contributed by atoms with Gasteiger partial charge in [0.25, 0.3) is 0 Å². The molecule has 0 atom stereocenters. The summed E-state index contributed by atoms with van der Waals surface area (Å²) in [5.41, 5.74) is 1.45. The standard InChI is InChI=1S/C19H19N5O3/c25-17(22-15-9-3-8-14-13(15)7-4-10-20-14)11-16-23-19(27-24-16)18(26)21-12-5-1-2-6-12/h3-4,7-10,12H,1-2,5-6,11H2,(H,21,26)(H,22,25). The topological polar surface area (TPSA) is 110 Å². The lowest BCUT2D eigenvalue weighted by atomic mass is 10.2. The Morgan fingerprint density at radius 1 is 1.15 bits per heavy atom. The highest BCUT2D eigenvalue weighted by Crippen LogP contribution is 2.21. The second kappa shape index (κ2) is 7.53. The summed E-state index contributed by atoms with van der Waals surface area (Å²) in [4.78, 5) is 32.7. The summed E-state index contributed by atoms with van der Waals surface area (Å²) in [6.07, 6.45) is 5.78. The molecule has 8 heteroatoms. The Morgan fingerprint density at radius 2 is 2.00 bits per heavy atom. The maximum atomic E-state index is 12.3. The zero-order chi connectivity index (χ0) is 18.6. The molecule has 0 spiro atoms. The number of amides is 2. The smallest absolute Gasteiger partial charge is 0.315 e. The predicted molar refractivity (Wildman–Crippen MR) is 98.1 cm³/mol. The summed E-state index contributed by atoms with van der Waals surface area (Å²) < 4.78 is 4.99. The minimum atomic E-state index is -0.388. The molecular formula is C19H19N5O3. The van der Waals surface area contributed by atoms with Gasteiger partial charge in [-0.2, -0.15) is 4.98 Å². The van der Waals surface area contributed by atoms with E-state index >= 15 is 0 Å². The molecule has 1 fully saturated rings. The number of carbonyl (C=O) groups is 2. The Kier molecular flexibility index (Phi) is 4.78. The fourth-order valence-corrected chi connectivity index (χ4v) is 3.29. The lowest BCUT2D eigenvalue weighted by Gasteiger charge is -2.08. The van der Waals surface area contributed by atoms with E-state index in [0.29, 0.717) is 5.69 Å². The summed E-state index contributed by atoms with van der Waals surface area (Å²) in [6.45, 7) is 0. The van der Waals surface area contributed by atoms with E-state index in [1.165, 1.54) is 0 Å². The Hall–Kier alpha value is -3.29. The van der Waals surface area contributed by atoms with Crippen LogP contribution in [0.5, 0.6) is 0 Å². The quantitative estimate of drug-likeness (QED) is 0.719. The number of carbonyl (C=O) groups excluding carboxylic acids is 2. The Labute approximate surface area is 155 Å². The summed E-state index contributed by atoms with van der Waals surface area (Å²) in [5, 5.41) is 10.3. The molecule has 0 aliphatic heterocycles. The minimum Gasteiger partial charge on any atom is -0.345 e. The molecule has 0 radical (unpaired) electrons. The molecule has 138 valence electrons. The van der Waals surface area contributed by atoms with Crippen LogP contribution in [0.1, 0.15) is 42.2 Å². The van der Waals surface area contributed by atoms with E-state index in [0.717, 1.165) is 36.6 Å². The van der Waals surface area contributed by atoms with Crippen molar-refractivity contribution in [2.75, 3.05) is 5.32 Å². The number of rotatable bonds is 5. The van der Waals surface area contributed by atoms with Crippen molar-refractivity contribution in [2.45, 2.75) is 38.1 Å². The van der Waals surface area contributed by atoms with Crippen molar-refractivity contribution >= 4 is 28.4 Å². The number of anilines is 1. The zero-order valence-corrected chi connectivity index (χ0v) is 14.6. The van der Waals surface area contributed by atoms with Crippen LogP contribution in [0.2, 0.25) is 0 Å². The van der Waals surface area contributed by atoms with Gasteiger partial charge in [-0.3, -0.25) is 14.6 Å². The van der Waals surface area contributed by atoms with E-state index in [4.69, 9.17) is 4.52 Å². The lowest BCUT2D eigenvalue weighted by molar-refractivity contribution is -0.115. The van der Waals surface area contributed by atoms with Gasteiger partial charge in [-0.25, -0.2) is 0 Å². The number of aromatic nitrogens is 3. The highest BCUT2D eigenvalue weighted by Gasteiger charge is 2.22. The predicted octanol–water partition coefficient (Wildman–Crippen LogP) is 2.47. The van der Waals surface area contributed by atoms with Crippen molar-refractivity contribution in [3.8, 4) is 0 Å². The number of pyridine rings is 1. The average molecular weight is 365 g/mol. The first-order valence-corrected chi connectivity index (χ1v) is 8.96. The molecule has 0 bridgehead atoms. The van der Waals surface area contributed by atoms with Gasteiger partial charge in [-0.15, -0.1) is 0 Å². The molecule has 1 aromatic carbocycles. The Morgan fingerprint density at radius 3 is 2.85 bits per heavy atom. The van der Waals surface area contributed by atoms with E-state index in [2.05, 4.69) is 25.8 Å². The fraction of sp³-hybridized carbons (Fsp3) is 0.316. The maximum absolute atomic E-state index is 12.3. The van der Waals surface area contributed by atoms with Crippen LogP contribution in [0.15, 0.2) is 41.1 Å². The number of benzene rings is 1. The van der Waals surface area contributed by atoms with Gasteiger partial charge in [0.15, 0.2) is 5.82 Å². The zero-order valence-electron chi connectivity index (χ0n) is 14.6. The first-order chi connectivity index (χ1) is 13.2. The Bertz CT molecular complexity index is 973. The third-order valence-corrected chi connectivity index (χ3v) is 4.59. The molecule has 27 heavy (non-hydrogen) atoms. The molecule has 4 rings (SSSR count). The van der Waals surface area contributed by atoms with E-state index in [1.54, 1.807) is 12.3 Å². The monoisotopic (exact) mass is 365 g/mol. The maximum Gasteiger partial charge on any atom is 0.315 e. The highest BCUT2D eigenvalue weighted by molar-refractivity contribution is 6.01. The van der Waals surface area contributed by atoms with Crippen LogP contribution in [-0.2, 0) is 11.2 Å². The molecule has 8 nitrogen and oxygen atoms in total. The van der Waals surface area contributed by atoms with Crippen molar-refractivity contribution in [3.05, 3.63) is 48.2 Å². The van der Waals surface area contributed by atoms with Crippen LogP contribution < -0.4 is 10.6 Å². The van der Waals surface area contributed by atoms with Crippen molar-refractivity contribution in [1.82, 2.24) is 20.4 Å². The van der Waals surface area contributed by atoms with E-state index < -0.39 is 0 Å². The summed E-state index contributed by atoms with van der Waals surface area (Å²) >= 11 is 0. The van der Waals surface area contributed by atoms with Crippen LogP contribution in [0.25, 0.3) is 10.9 Å². The number of nitrogens with one attached hydrogen (secondary N) is 2. The largest absolute Gasteiger partial charge is 0.345 e. The van der Waals surface area contributed by atoms with Gasteiger partial charge in [0.05, 0.1) is 17.6 Å². The van der Waals surface area contributed by atoms with Crippen LogP contribution in [0.3, 0.4) is 0 Å². The summed E-state index contributed by atoms with van der Waals surface area (Å²) in [5.74, 6) is -0.627. The van der Waals surface area contributed by atoms with Gasteiger partial charge in [-0.05, 0) is 37.1 Å². The van der Waals surface area contributed by atoms with E-state index in [1.807, 2.05) is 24.3 Å². The lowest BCUT2D eigenvalue weighted by Crippen LogP contribution is -2.32. The van der Waals surface area contributed by atoms with Crippen LogP contribution in [0, 0.1) is 0 Å². The second-order valence-electron chi connectivity index (χ2n) is 6.57. The third kappa shape index (κ3) is 3.94. The molecule has 2 N–H and O–H groups in total. The molecule has 3 aromatic rings. The van der Waals surface area contributed by atoms with Gasteiger partial charge in [0.1, 0.15) is 0 Å². The normalized spacial score (nSPS) is 14.4. The molecule has 0 saturated heterocycles. The van der Waals surface area contributed by atoms with Gasteiger partial charge in [0.2, 0.25) is 5.91 Å². The van der Waals surface area contributed by atoms with Crippen LogP contribution in [0.4, 0.5) is 5.69 Å². The molecular weight excluding hydrogens is 346 g/mol. The summed E-state index contributed by atoms with van der Waals surface area (Å²) in [7, 11) is 0. The molecule has 1 aliphatic rings.